The molecule has 3 atom stereocenters. The molecule has 1 aromatic carbocycles. The Kier molecular flexibility index (Phi) is 12.5. The fourth-order valence-electron chi connectivity index (χ4n) is 6.76. The Labute approximate surface area is 333 Å². The maximum atomic E-state index is 14.1. The maximum absolute atomic E-state index is 14.1. The van der Waals surface area contributed by atoms with E-state index in [9.17, 15) is 28.8 Å². The zero-order valence-electron chi connectivity index (χ0n) is 34.3. The van der Waals surface area contributed by atoms with Crippen LogP contribution in [0, 0.1) is 19.8 Å². The van der Waals surface area contributed by atoms with Crippen LogP contribution >= 0.6 is 0 Å². The Hall–Kier alpha value is -6.13. The number of nitrogens with zero attached hydrogens (tertiary/aromatic N) is 7. The molecule has 17 nitrogen and oxygen atoms in total. The zero-order valence-corrected chi connectivity index (χ0v) is 34.3. The lowest BCUT2D eigenvalue weighted by Crippen LogP contribution is -2.61. The molecule has 1 unspecified atom stereocenters. The van der Waals surface area contributed by atoms with Crippen molar-refractivity contribution < 1.29 is 28.8 Å². The highest BCUT2D eigenvalue weighted by atomic mass is 16.2. The summed E-state index contributed by atoms with van der Waals surface area (Å²) in [4.78, 5) is 99.8. The van der Waals surface area contributed by atoms with Gasteiger partial charge < -0.3 is 31.1 Å². The number of pyridine rings is 1. The second-order valence-corrected chi connectivity index (χ2v) is 15.7. The van der Waals surface area contributed by atoms with Gasteiger partial charge in [0.15, 0.2) is 0 Å². The summed E-state index contributed by atoms with van der Waals surface area (Å²) in [5, 5.41) is 11.4. The molecule has 4 N–H and O–H groups in total. The van der Waals surface area contributed by atoms with Crippen molar-refractivity contribution in [2.45, 2.75) is 91.5 Å². The number of carbonyl (C=O) groups is 6. The van der Waals surface area contributed by atoms with Crippen LogP contribution < -0.4 is 31.1 Å². The number of rotatable bonds is 12. The lowest BCUT2D eigenvalue weighted by Gasteiger charge is -2.35. The van der Waals surface area contributed by atoms with Crippen LogP contribution in [0.15, 0.2) is 42.7 Å². The summed E-state index contributed by atoms with van der Waals surface area (Å²) in [7, 11) is 4.79. The molecule has 0 radical (unpaired) electrons. The highest BCUT2D eigenvalue weighted by Gasteiger charge is 2.42. The number of nitrogens with one attached hydrogen (secondary N) is 4. The first kappa shape index (κ1) is 42.0. The number of hydrogen-bond acceptors (Lipinski definition) is 10. The van der Waals surface area contributed by atoms with Crippen LogP contribution in [0.1, 0.15) is 74.6 Å². The monoisotopic (exact) mass is 783 g/mol. The summed E-state index contributed by atoms with van der Waals surface area (Å²) in [6.07, 6.45) is 4.26. The van der Waals surface area contributed by atoms with Gasteiger partial charge in [0.25, 0.3) is 5.91 Å². The Morgan fingerprint density at radius 2 is 1.68 bits per heavy atom. The number of urea groups is 1. The van der Waals surface area contributed by atoms with Gasteiger partial charge in [-0.15, -0.1) is 0 Å². The lowest BCUT2D eigenvalue weighted by molar-refractivity contribution is -0.142. The predicted octanol–water partition coefficient (Wildman–Crippen LogP) is 3.04. The van der Waals surface area contributed by atoms with E-state index < -0.39 is 47.3 Å². The van der Waals surface area contributed by atoms with Gasteiger partial charge in [0.1, 0.15) is 29.5 Å². The Morgan fingerprint density at radius 3 is 2.33 bits per heavy atom. The molecular formula is C40H53N11O6. The minimum atomic E-state index is -1.39. The van der Waals surface area contributed by atoms with Crippen molar-refractivity contribution in [2.75, 3.05) is 42.8 Å². The number of likely N-dealkylation sites (N-methyl/N-ethyl adjacent to an activating group) is 1. The number of aromatic nitrogens is 3. The highest BCUT2D eigenvalue weighted by molar-refractivity contribution is 6.07. The van der Waals surface area contributed by atoms with Gasteiger partial charge >= 0.3 is 6.03 Å². The van der Waals surface area contributed by atoms with Gasteiger partial charge in [-0.1, -0.05) is 19.9 Å². The smallest absolute Gasteiger partial charge is 0.330 e. The fraction of sp³-hybridized carbons (Fsp3) is 0.475. The largest absolute Gasteiger partial charge is 0.347 e. The third-order valence-electron chi connectivity index (χ3n) is 10.2. The number of amides is 7. The van der Waals surface area contributed by atoms with E-state index in [0.717, 1.165) is 11.3 Å². The van der Waals surface area contributed by atoms with Crippen LogP contribution in [-0.4, -0.2) is 112 Å². The van der Waals surface area contributed by atoms with Crippen molar-refractivity contribution >= 4 is 58.7 Å². The standard InChI is InChI=1S/C40H53N11O6/c1-22(2)31(36(55)50-17-11-12-29(50)34(53)47-40(6,7)37(56)43-25(5)35(54)48(8)9)45-33(52)26-15-13-23(3)30(18-26)51-21-27-19-42-38(46-32(27)49(10)39(51)57)44-28-16-14-24(4)41-20-28/h13-16,18-20,22,25,29,31H,11-12,17,21H2,1-10H3,(H,43,56)(H,45,52)(H,47,53)(H,42,44,46)/t25-,29?,31-/m0/s1. The highest BCUT2D eigenvalue weighted by Crippen LogP contribution is 2.33. The number of carbonyl (C=O) groups excluding carboxylic acids is 6. The van der Waals surface area contributed by atoms with E-state index in [2.05, 4.69) is 36.2 Å². The molecule has 5 rings (SSSR count). The molecule has 1 saturated heterocycles. The SMILES string of the molecule is Cc1ccc(Nc2ncc3c(n2)N(C)C(=O)N(c2cc(C(=O)N[C@H](C(=O)N4CCCC4C(=O)NC(C)(C)C(=O)N[C@@H](C)C(=O)N(C)C)C(C)C)ccc2C)C3)cn1. The minimum absolute atomic E-state index is 0.161. The summed E-state index contributed by atoms with van der Waals surface area (Å²) in [6, 6.07) is 5.73. The maximum Gasteiger partial charge on any atom is 0.330 e. The van der Waals surface area contributed by atoms with E-state index >= 15 is 0 Å². The summed E-state index contributed by atoms with van der Waals surface area (Å²) >= 11 is 0. The number of hydrogen-bond donors (Lipinski definition) is 4. The van der Waals surface area contributed by atoms with Gasteiger partial charge in [0, 0.05) is 56.4 Å². The Morgan fingerprint density at radius 1 is 0.965 bits per heavy atom. The summed E-state index contributed by atoms with van der Waals surface area (Å²) in [6.45, 7) is 12.4. The lowest BCUT2D eigenvalue weighted by atomic mass is 10.00. The van der Waals surface area contributed by atoms with E-state index in [0.29, 0.717) is 48.1 Å². The normalized spacial score (nSPS) is 16.4. The van der Waals surface area contributed by atoms with Crippen LogP contribution in [0.25, 0.3) is 0 Å². The van der Waals surface area contributed by atoms with Gasteiger partial charge in [0.05, 0.1) is 18.4 Å². The predicted molar refractivity (Wildman–Crippen MR) is 215 cm³/mol. The molecule has 0 aliphatic carbocycles. The second-order valence-electron chi connectivity index (χ2n) is 15.7. The van der Waals surface area contributed by atoms with Crippen LogP contribution in [0.3, 0.4) is 0 Å². The average Bonchev–Trinajstić information content (AvgIpc) is 3.66. The van der Waals surface area contributed by atoms with E-state index in [4.69, 9.17) is 0 Å². The molecular weight excluding hydrogens is 731 g/mol. The van der Waals surface area contributed by atoms with Gasteiger partial charge in [-0.05, 0) is 83.2 Å². The molecule has 0 spiro atoms. The van der Waals surface area contributed by atoms with E-state index in [1.807, 2.05) is 26.0 Å². The summed E-state index contributed by atoms with van der Waals surface area (Å²) in [5.41, 5.74) is 2.39. The topological polar surface area (TPSA) is 202 Å². The molecule has 304 valence electrons. The number of benzene rings is 1. The van der Waals surface area contributed by atoms with Gasteiger partial charge in [-0.2, -0.15) is 4.98 Å². The van der Waals surface area contributed by atoms with Crippen molar-refractivity contribution in [2.24, 2.45) is 5.92 Å². The molecule has 0 saturated carbocycles. The third-order valence-corrected chi connectivity index (χ3v) is 10.2. The van der Waals surface area contributed by atoms with Crippen LogP contribution in [0.2, 0.25) is 0 Å². The minimum Gasteiger partial charge on any atom is -0.347 e. The molecule has 7 amide bonds. The van der Waals surface area contributed by atoms with E-state index in [1.165, 1.54) is 28.5 Å². The molecule has 4 heterocycles. The van der Waals surface area contributed by atoms with Crippen molar-refractivity contribution in [3.63, 3.8) is 0 Å². The van der Waals surface area contributed by atoms with Crippen molar-refractivity contribution in [1.82, 2.24) is 40.7 Å². The number of fused-ring (bicyclic) bond motifs is 1. The van der Waals surface area contributed by atoms with E-state index in [1.54, 1.807) is 77.4 Å². The van der Waals surface area contributed by atoms with Crippen molar-refractivity contribution in [1.29, 1.82) is 0 Å². The molecule has 1 fully saturated rings. The Bertz CT molecular complexity index is 2050. The first-order valence-electron chi connectivity index (χ1n) is 19.0. The molecule has 2 aliphatic rings. The fourth-order valence-corrected chi connectivity index (χ4v) is 6.76. The van der Waals surface area contributed by atoms with Crippen LogP contribution in [0.4, 0.5) is 27.9 Å². The van der Waals surface area contributed by atoms with E-state index in [-0.39, 0.29) is 30.0 Å². The van der Waals surface area contributed by atoms with Gasteiger partial charge in [-0.3, -0.25) is 38.8 Å². The quantitative estimate of drug-likeness (QED) is 0.212. The molecule has 3 aromatic rings. The van der Waals surface area contributed by atoms with Crippen LogP contribution in [0.5, 0.6) is 0 Å². The summed E-state index contributed by atoms with van der Waals surface area (Å²) in [5.74, 6) is -1.88. The third kappa shape index (κ3) is 9.30. The van der Waals surface area contributed by atoms with Crippen molar-refractivity contribution in [3.05, 3.63) is 65.1 Å². The summed E-state index contributed by atoms with van der Waals surface area (Å²) < 4.78 is 0. The number of aryl methyl sites for hydroxylation is 2. The zero-order chi connectivity index (χ0) is 41.9. The average molecular weight is 784 g/mol. The molecule has 2 aliphatic heterocycles. The van der Waals surface area contributed by atoms with Gasteiger partial charge in [0.2, 0.25) is 29.6 Å². The molecule has 57 heavy (non-hydrogen) atoms. The number of anilines is 4. The Balaban J connectivity index is 1.28. The van der Waals surface area contributed by atoms with Crippen LogP contribution in [-0.2, 0) is 25.7 Å². The second kappa shape index (κ2) is 16.9. The van der Waals surface area contributed by atoms with Gasteiger partial charge in [-0.25, -0.2) is 9.78 Å². The molecule has 17 heteroatoms. The molecule has 2 aromatic heterocycles. The first-order chi connectivity index (χ1) is 26.8. The number of likely N-dealkylation sites (tertiary alicyclic amines) is 1. The molecule has 0 bridgehead atoms. The first-order valence-corrected chi connectivity index (χ1v) is 19.0. The van der Waals surface area contributed by atoms with Crippen molar-refractivity contribution in [3.8, 4) is 0 Å².